The van der Waals surface area contributed by atoms with Crippen LogP contribution in [0.25, 0.3) is 0 Å². The lowest BCUT2D eigenvalue weighted by Crippen LogP contribution is -2.49. The molecule has 34 heavy (non-hydrogen) atoms. The molecule has 0 saturated carbocycles. The Labute approximate surface area is 202 Å². The van der Waals surface area contributed by atoms with Crippen molar-refractivity contribution in [3.8, 4) is 0 Å². The first-order chi connectivity index (χ1) is 15.9. The first-order valence-electron chi connectivity index (χ1n) is 11.2. The molecule has 2 heterocycles. The van der Waals surface area contributed by atoms with Crippen LogP contribution in [-0.4, -0.2) is 69.6 Å². The summed E-state index contributed by atoms with van der Waals surface area (Å²) in [6, 6.07) is 15.3. The van der Waals surface area contributed by atoms with E-state index in [4.69, 9.17) is 0 Å². The number of piperazine rings is 1. The minimum Gasteiger partial charge on any atom is -0.369 e. The Balaban J connectivity index is 0.00000324. The molecule has 2 aliphatic heterocycles. The van der Waals surface area contributed by atoms with Gasteiger partial charge >= 0.3 is 0 Å². The second-order valence-electron chi connectivity index (χ2n) is 8.00. The van der Waals surface area contributed by atoms with Gasteiger partial charge in [-0.05, 0) is 48.9 Å². The van der Waals surface area contributed by atoms with Crippen molar-refractivity contribution in [1.29, 1.82) is 0 Å². The monoisotopic (exact) mass is 486 g/mol. The van der Waals surface area contributed by atoms with Gasteiger partial charge in [0.05, 0.1) is 12.3 Å². The van der Waals surface area contributed by atoms with Gasteiger partial charge in [-0.1, -0.05) is 19.6 Å². The zero-order chi connectivity index (χ0) is 23.3. The number of benzene rings is 2. The number of hydrogen-bond acceptors (Lipinski definition) is 7. The molecule has 4 rings (SSSR count). The molecule has 3 N–H and O–H groups in total. The molecule has 9 nitrogen and oxygen atoms in total. The maximum Gasteiger partial charge on any atom is 0.251 e. The molecule has 0 aliphatic carbocycles. The van der Waals surface area contributed by atoms with Crippen LogP contribution in [0, 0.1) is 0 Å². The normalized spacial score (nSPS) is 16.3. The summed E-state index contributed by atoms with van der Waals surface area (Å²) in [5, 5.41) is 9.34. The number of rotatable bonds is 7. The molecule has 0 unspecified atom stereocenters. The standard InChI is InChI=1S/C23H30N6O3S.CH4/c1-2-33(31,32)29-15-13-28(14-16-29)21-9-5-19(6-10-21)22(30)26-17-18-3-7-20(8-4-18)27-23-24-11-12-25-23;/h3-10H,2,11-17H2,1H3,(H,26,30)(H2,24,25,27);1H4. The molecule has 0 radical (unpaired) electrons. The molecule has 1 amide bonds. The van der Waals surface area contributed by atoms with Gasteiger partial charge in [-0.15, -0.1) is 0 Å². The third-order valence-electron chi connectivity index (χ3n) is 5.84. The van der Waals surface area contributed by atoms with Crippen LogP contribution in [-0.2, 0) is 16.6 Å². The summed E-state index contributed by atoms with van der Waals surface area (Å²) in [5.41, 5.74) is 3.53. The van der Waals surface area contributed by atoms with Gasteiger partial charge in [0.1, 0.15) is 0 Å². The quantitative estimate of drug-likeness (QED) is 0.554. The predicted molar refractivity (Wildman–Crippen MR) is 138 cm³/mol. The Morgan fingerprint density at radius 1 is 1.03 bits per heavy atom. The number of carbonyl (C=O) groups is 1. The van der Waals surface area contributed by atoms with Crippen LogP contribution in [0.15, 0.2) is 53.5 Å². The zero-order valence-electron chi connectivity index (χ0n) is 18.8. The van der Waals surface area contributed by atoms with Crippen LogP contribution >= 0.6 is 0 Å². The van der Waals surface area contributed by atoms with Crippen molar-refractivity contribution in [3.63, 3.8) is 0 Å². The molecule has 1 saturated heterocycles. The summed E-state index contributed by atoms with van der Waals surface area (Å²) < 4.78 is 25.6. The maximum atomic E-state index is 12.6. The van der Waals surface area contributed by atoms with Gasteiger partial charge in [-0.3, -0.25) is 9.79 Å². The topological polar surface area (TPSA) is 106 Å². The van der Waals surface area contributed by atoms with Crippen molar-refractivity contribution in [2.75, 3.05) is 55.2 Å². The summed E-state index contributed by atoms with van der Waals surface area (Å²) in [7, 11) is -3.14. The molecule has 2 aromatic rings. The summed E-state index contributed by atoms with van der Waals surface area (Å²) >= 11 is 0. The number of sulfonamides is 1. The second-order valence-corrected chi connectivity index (χ2v) is 10.3. The van der Waals surface area contributed by atoms with Crippen molar-refractivity contribution in [2.24, 2.45) is 4.99 Å². The van der Waals surface area contributed by atoms with Crippen LogP contribution < -0.4 is 20.9 Å². The number of guanidine groups is 1. The van der Waals surface area contributed by atoms with E-state index in [0.717, 1.165) is 36.0 Å². The van der Waals surface area contributed by atoms with E-state index >= 15 is 0 Å². The number of aliphatic imine (C=N–C) groups is 1. The van der Waals surface area contributed by atoms with E-state index in [9.17, 15) is 13.2 Å². The molecule has 2 aromatic carbocycles. The Morgan fingerprint density at radius 3 is 2.29 bits per heavy atom. The molecule has 1 fully saturated rings. The van der Waals surface area contributed by atoms with Gasteiger partial charge in [0.2, 0.25) is 10.0 Å². The SMILES string of the molecule is C.CCS(=O)(=O)N1CCN(c2ccc(C(=O)NCc3ccc(NC4=NCCN4)cc3)cc2)CC1. The van der Waals surface area contributed by atoms with Crippen LogP contribution in [0.3, 0.4) is 0 Å². The Bertz CT molecular complexity index is 1090. The molecular weight excluding hydrogens is 452 g/mol. The summed E-state index contributed by atoms with van der Waals surface area (Å²) in [6.45, 7) is 5.99. The molecule has 184 valence electrons. The largest absolute Gasteiger partial charge is 0.369 e. The van der Waals surface area contributed by atoms with Crippen LogP contribution in [0.4, 0.5) is 11.4 Å². The zero-order valence-corrected chi connectivity index (χ0v) is 19.6. The number of nitrogens with one attached hydrogen (secondary N) is 3. The van der Waals surface area contributed by atoms with Gasteiger partial charge in [0, 0.05) is 56.2 Å². The summed E-state index contributed by atoms with van der Waals surface area (Å²) in [4.78, 5) is 19.0. The van der Waals surface area contributed by atoms with Crippen LogP contribution in [0.5, 0.6) is 0 Å². The van der Waals surface area contributed by atoms with Gasteiger partial charge in [0.25, 0.3) is 5.91 Å². The van der Waals surface area contributed by atoms with E-state index in [1.165, 1.54) is 0 Å². The van der Waals surface area contributed by atoms with Gasteiger partial charge in [-0.25, -0.2) is 8.42 Å². The Hall–Kier alpha value is -3.11. The maximum absolute atomic E-state index is 12.6. The van der Waals surface area contributed by atoms with E-state index < -0.39 is 10.0 Å². The van der Waals surface area contributed by atoms with E-state index in [2.05, 4.69) is 25.8 Å². The highest BCUT2D eigenvalue weighted by molar-refractivity contribution is 7.89. The van der Waals surface area contributed by atoms with Gasteiger partial charge in [-0.2, -0.15) is 4.31 Å². The van der Waals surface area contributed by atoms with Crippen molar-refractivity contribution < 1.29 is 13.2 Å². The number of carbonyl (C=O) groups excluding carboxylic acids is 1. The fraction of sp³-hybridized carbons (Fsp3) is 0.417. The molecule has 0 spiro atoms. The third-order valence-corrected chi connectivity index (χ3v) is 7.72. The predicted octanol–water partition coefficient (Wildman–Crippen LogP) is 2.10. The molecule has 10 heteroatoms. The molecule has 0 atom stereocenters. The van der Waals surface area contributed by atoms with E-state index in [1.807, 2.05) is 48.5 Å². The van der Waals surface area contributed by atoms with Crippen molar-refractivity contribution >= 4 is 33.3 Å². The van der Waals surface area contributed by atoms with Crippen molar-refractivity contribution in [3.05, 3.63) is 59.7 Å². The molecule has 0 aromatic heterocycles. The van der Waals surface area contributed by atoms with E-state index in [-0.39, 0.29) is 19.1 Å². The smallest absolute Gasteiger partial charge is 0.251 e. The van der Waals surface area contributed by atoms with Crippen molar-refractivity contribution in [1.82, 2.24) is 14.9 Å². The second kappa shape index (κ2) is 11.3. The molecular formula is C24H34N6O3S. The first kappa shape index (κ1) is 25.5. The fourth-order valence-electron chi connectivity index (χ4n) is 3.84. The minimum atomic E-state index is -3.14. The van der Waals surface area contributed by atoms with Gasteiger partial charge < -0.3 is 20.9 Å². The average molecular weight is 487 g/mol. The molecule has 2 aliphatic rings. The Kier molecular flexibility index (Phi) is 8.51. The summed E-state index contributed by atoms with van der Waals surface area (Å²) in [6.07, 6.45) is 0. The van der Waals surface area contributed by atoms with Crippen LogP contribution in [0.2, 0.25) is 0 Å². The third kappa shape index (κ3) is 6.27. The number of anilines is 2. The highest BCUT2D eigenvalue weighted by atomic mass is 32.2. The average Bonchev–Trinajstić information content (AvgIpc) is 3.37. The Morgan fingerprint density at radius 2 is 1.71 bits per heavy atom. The lowest BCUT2D eigenvalue weighted by Gasteiger charge is -2.35. The lowest BCUT2D eigenvalue weighted by atomic mass is 10.1. The van der Waals surface area contributed by atoms with Crippen LogP contribution in [0.1, 0.15) is 30.3 Å². The number of amides is 1. The highest BCUT2D eigenvalue weighted by Crippen LogP contribution is 2.19. The summed E-state index contributed by atoms with van der Waals surface area (Å²) in [5.74, 6) is 0.782. The number of hydrogen-bond donors (Lipinski definition) is 3. The molecule has 0 bridgehead atoms. The van der Waals surface area contributed by atoms with E-state index in [0.29, 0.717) is 38.3 Å². The lowest BCUT2D eigenvalue weighted by molar-refractivity contribution is 0.0951. The first-order valence-corrected chi connectivity index (χ1v) is 12.8. The number of nitrogens with zero attached hydrogens (tertiary/aromatic N) is 3. The minimum absolute atomic E-state index is 0. The fourth-order valence-corrected chi connectivity index (χ4v) is 4.92. The van der Waals surface area contributed by atoms with Gasteiger partial charge in [0.15, 0.2) is 5.96 Å². The van der Waals surface area contributed by atoms with Crippen molar-refractivity contribution in [2.45, 2.75) is 20.9 Å². The van der Waals surface area contributed by atoms with E-state index in [1.54, 1.807) is 11.2 Å². The highest BCUT2D eigenvalue weighted by Gasteiger charge is 2.25.